The fourth-order valence-electron chi connectivity index (χ4n) is 0.804. The smallest absolute Gasteiger partial charge is 0.139 e. The maximum absolute atomic E-state index is 4.91. The van der Waals surface area contributed by atoms with Crippen molar-refractivity contribution in [3.63, 3.8) is 0 Å². The summed E-state index contributed by atoms with van der Waals surface area (Å²) in [6.45, 7) is 0. The second-order valence-electron chi connectivity index (χ2n) is 2.19. The fraction of sp³-hybridized carbons (Fsp3) is 0.500. The summed E-state index contributed by atoms with van der Waals surface area (Å²) in [6, 6.07) is 1.94. The summed E-state index contributed by atoms with van der Waals surface area (Å²) in [5, 5.41) is 3.61. The molecule has 1 fully saturated rings. The zero-order valence-electron chi connectivity index (χ0n) is 4.50. The molecule has 0 bridgehead atoms. The zero-order valence-corrected chi connectivity index (χ0v) is 4.50. The molecule has 0 aromatic carbocycles. The van der Waals surface area contributed by atoms with Gasteiger partial charge < -0.3 is 4.52 Å². The van der Waals surface area contributed by atoms with Crippen LogP contribution in [0.15, 0.2) is 16.8 Å². The van der Waals surface area contributed by atoms with Gasteiger partial charge >= 0.3 is 0 Å². The van der Waals surface area contributed by atoms with Crippen molar-refractivity contribution >= 4 is 0 Å². The summed E-state index contributed by atoms with van der Waals surface area (Å²) in [5.74, 6) is 1.77. The lowest BCUT2D eigenvalue weighted by Gasteiger charge is -1.79. The van der Waals surface area contributed by atoms with Crippen molar-refractivity contribution in [1.82, 2.24) is 5.16 Å². The van der Waals surface area contributed by atoms with Gasteiger partial charge in [0.05, 0.1) is 6.20 Å². The molecule has 2 rings (SSSR count). The van der Waals surface area contributed by atoms with E-state index in [1.54, 1.807) is 6.20 Å². The van der Waals surface area contributed by atoms with Crippen LogP contribution in [0.25, 0.3) is 0 Å². The molecule has 0 N–H and O–H groups in total. The molecule has 1 saturated carbocycles. The Hall–Kier alpha value is -0.790. The van der Waals surface area contributed by atoms with Gasteiger partial charge in [0.2, 0.25) is 0 Å². The second kappa shape index (κ2) is 1.34. The third-order valence-corrected chi connectivity index (χ3v) is 1.44. The minimum Gasteiger partial charge on any atom is -0.361 e. The molecule has 2 heteroatoms. The van der Waals surface area contributed by atoms with Crippen molar-refractivity contribution in [2.24, 2.45) is 0 Å². The molecule has 1 aliphatic carbocycles. The summed E-state index contributed by atoms with van der Waals surface area (Å²) < 4.78 is 4.91. The second-order valence-corrected chi connectivity index (χ2v) is 2.19. The zero-order chi connectivity index (χ0) is 5.40. The Morgan fingerprint density at radius 3 is 3.00 bits per heavy atom. The van der Waals surface area contributed by atoms with Crippen LogP contribution in [0.4, 0.5) is 0 Å². The Bertz CT molecular complexity index is 165. The van der Waals surface area contributed by atoms with Crippen LogP contribution in [0.5, 0.6) is 0 Å². The van der Waals surface area contributed by atoms with E-state index in [9.17, 15) is 0 Å². The Labute approximate surface area is 47.5 Å². The number of rotatable bonds is 1. The van der Waals surface area contributed by atoms with Crippen LogP contribution in [0.2, 0.25) is 0 Å². The summed E-state index contributed by atoms with van der Waals surface area (Å²) in [5.41, 5.74) is 0. The highest BCUT2D eigenvalue weighted by Crippen LogP contribution is 2.39. The summed E-state index contributed by atoms with van der Waals surface area (Å²) in [4.78, 5) is 0. The molecule has 1 aromatic heterocycles. The number of hydrogen-bond donors (Lipinski definition) is 0. The maximum atomic E-state index is 4.91. The SMILES string of the molecule is c1cc(C2CC2)on1. The third-order valence-electron chi connectivity index (χ3n) is 1.44. The summed E-state index contributed by atoms with van der Waals surface area (Å²) in [7, 11) is 0. The van der Waals surface area contributed by atoms with E-state index in [-0.39, 0.29) is 0 Å². The van der Waals surface area contributed by atoms with Crippen LogP contribution in [-0.2, 0) is 0 Å². The highest BCUT2D eigenvalue weighted by atomic mass is 16.5. The van der Waals surface area contributed by atoms with Crippen molar-refractivity contribution in [2.75, 3.05) is 0 Å². The van der Waals surface area contributed by atoms with Crippen LogP contribution < -0.4 is 0 Å². The van der Waals surface area contributed by atoms with E-state index in [0.29, 0.717) is 5.92 Å². The molecule has 0 unspecified atom stereocenters. The van der Waals surface area contributed by atoms with Gasteiger partial charge in [-0.25, -0.2) is 0 Å². The Morgan fingerprint density at radius 2 is 2.50 bits per heavy atom. The lowest BCUT2D eigenvalue weighted by Crippen LogP contribution is -1.67. The predicted molar refractivity (Wildman–Crippen MR) is 28.5 cm³/mol. The van der Waals surface area contributed by atoms with E-state index in [0.717, 1.165) is 5.76 Å². The molecule has 0 saturated heterocycles. The van der Waals surface area contributed by atoms with Gasteiger partial charge in [-0.05, 0) is 12.8 Å². The van der Waals surface area contributed by atoms with Crippen molar-refractivity contribution in [1.29, 1.82) is 0 Å². The monoisotopic (exact) mass is 109 g/mol. The highest BCUT2D eigenvalue weighted by Gasteiger charge is 2.26. The lowest BCUT2D eigenvalue weighted by atomic mass is 10.3. The van der Waals surface area contributed by atoms with Crippen molar-refractivity contribution in [3.8, 4) is 0 Å². The fourth-order valence-corrected chi connectivity index (χ4v) is 0.804. The number of aromatic nitrogens is 1. The van der Waals surface area contributed by atoms with Gasteiger partial charge in [-0.1, -0.05) is 5.16 Å². The molecular weight excluding hydrogens is 102 g/mol. The average Bonchev–Trinajstić information content (AvgIpc) is 2.49. The van der Waals surface area contributed by atoms with Crippen LogP contribution in [0.3, 0.4) is 0 Å². The highest BCUT2D eigenvalue weighted by molar-refractivity contribution is 5.08. The van der Waals surface area contributed by atoms with E-state index in [1.807, 2.05) is 6.07 Å². The third kappa shape index (κ3) is 0.529. The number of hydrogen-bond acceptors (Lipinski definition) is 2. The Kier molecular flexibility index (Phi) is 0.692. The molecule has 1 aromatic rings. The molecule has 0 aliphatic heterocycles. The standard InChI is InChI=1S/C6H7NO/c1-2-5(1)6-3-4-7-8-6/h3-5H,1-2H2. The largest absolute Gasteiger partial charge is 0.361 e. The van der Waals surface area contributed by atoms with Gasteiger partial charge in [-0.2, -0.15) is 0 Å². The molecule has 42 valence electrons. The first-order valence-electron chi connectivity index (χ1n) is 2.87. The molecular formula is C6H7NO. The summed E-state index contributed by atoms with van der Waals surface area (Å²) in [6.07, 6.45) is 4.28. The average molecular weight is 109 g/mol. The van der Waals surface area contributed by atoms with E-state index in [4.69, 9.17) is 4.52 Å². The van der Waals surface area contributed by atoms with Crippen molar-refractivity contribution in [2.45, 2.75) is 18.8 Å². The lowest BCUT2D eigenvalue weighted by molar-refractivity contribution is 0.384. The molecule has 0 radical (unpaired) electrons. The molecule has 2 nitrogen and oxygen atoms in total. The first kappa shape index (κ1) is 4.13. The molecule has 1 heterocycles. The first-order chi connectivity index (χ1) is 3.97. The number of nitrogens with zero attached hydrogens (tertiary/aromatic N) is 1. The van der Waals surface area contributed by atoms with E-state index >= 15 is 0 Å². The molecule has 0 spiro atoms. The van der Waals surface area contributed by atoms with Crippen molar-refractivity contribution in [3.05, 3.63) is 18.0 Å². The van der Waals surface area contributed by atoms with Gasteiger partial charge in [0.15, 0.2) is 0 Å². The topological polar surface area (TPSA) is 26.0 Å². The Balaban J connectivity index is 2.28. The van der Waals surface area contributed by atoms with Crippen LogP contribution in [0.1, 0.15) is 24.5 Å². The minimum atomic E-state index is 0.706. The predicted octanol–water partition coefficient (Wildman–Crippen LogP) is 1.55. The quantitative estimate of drug-likeness (QED) is 0.546. The van der Waals surface area contributed by atoms with E-state index in [1.165, 1.54) is 12.8 Å². The summed E-state index contributed by atoms with van der Waals surface area (Å²) >= 11 is 0. The van der Waals surface area contributed by atoms with Gasteiger partial charge in [0, 0.05) is 12.0 Å². The molecule has 0 amide bonds. The van der Waals surface area contributed by atoms with Gasteiger partial charge in [-0.15, -0.1) is 0 Å². The van der Waals surface area contributed by atoms with Gasteiger partial charge in [0.25, 0.3) is 0 Å². The van der Waals surface area contributed by atoms with Crippen LogP contribution in [0, 0.1) is 0 Å². The van der Waals surface area contributed by atoms with Crippen molar-refractivity contribution < 1.29 is 4.52 Å². The van der Waals surface area contributed by atoms with E-state index in [2.05, 4.69) is 5.16 Å². The molecule has 1 aliphatic rings. The minimum absolute atomic E-state index is 0.706. The maximum Gasteiger partial charge on any atom is 0.139 e. The normalized spacial score (nSPS) is 19.0. The first-order valence-corrected chi connectivity index (χ1v) is 2.87. The van der Waals surface area contributed by atoms with Crippen LogP contribution >= 0.6 is 0 Å². The van der Waals surface area contributed by atoms with Gasteiger partial charge in [-0.3, -0.25) is 0 Å². The molecule has 0 atom stereocenters. The van der Waals surface area contributed by atoms with E-state index < -0.39 is 0 Å². The Morgan fingerprint density at radius 1 is 1.62 bits per heavy atom. The van der Waals surface area contributed by atoms with Gasteiger partial charge in [0.1, 0.15) is 5.76 Å². The van der Waals surface area contributed by atoms with Crippen LogP contribution in [-0.4, -0.2) is 5.16 Å². The molecule has 8 heavy (non-hydrogen) atoms.